The molecule has 2 heteroatoms. The number of hydrogen-bond donors (Lipinski definition) is 0. The van der Waals surface area contributed by atoms with Crippen molar-refractivity contribution < 1.29 is 0 Å². The van der Waals surface area contributed by atoms with Crippen LogP contribution in [0.4, 0.5) is 0 Å². The average Bonchev–Trinajstić information content (AvgIpc) is 3.36. The van der Waals surface area contributed by atoms with Crippen LogP contribution in [0.5, 0.6) is 0 Å². The smallest absolute Gasteiger partial charge is 0.0430 e. The highest BCUT2D eigenvalue weighted by molar-refractivity contribution is 7.16. The highest BCUT2D eigenvalue weighted by atomic mass is 32.1. The largest absolute Gasteiger partial charge is 0.139 e. The van der Waals surface area contributed by atoms with E-state index in [2.05, 4.69) is 79.7 Å². The maximum atomic E-state index is 2.50. The van der Waals surface area contributed by atoms with Crippen LogP contribution in [0.1, 0.15) is 99.2 Å². The van der Waals surface area contributed by atoms with Gasteiger partial charge >= 0.3 is 0 Å². The second kappa shape index (κ2) is 6.80. The van der Waals surface area contributed by atoms with E-state index in [0.717, 1.165) is 0 Å². The third-order valence-corrected chi connectivity index (χ3v) is 9.30. The third-order valence-electron chi connectivity index (χ3n) is 6.36. The molecule has 30 heavy (non-hydrogen) atoms. The van der Waals surface area contributed by atoms with Gasteiger partial charge in [0.2, 0.25) is 0 Å². The maximum absolute atomic E-state index is 2.50. The Morgan fingerprint density at radius 1 is 0.533 bits per heavy atom. The highest BCUT2D eigenvalue weighted by Gasteiger charge is 2.34. The Labute approximate surface area is 189 Å². The Morgan fingerprint density at radius 3 is 1.20 bits per heavy atom. The summed E-state index contributed by atoms with van der Waals surface area (Å²) in [6.45, 7) is 18.3. The van der Waals surface area contributed by atoms with Gasteiger partial charge in [0.05, 0.1) is 0 Å². The predicted octanol–water partition coefficient (Wildman–Crippen LogP) is 9.70. The maximum Gasteiger partial charge on any atom is 0.0430 e. The first kappa shape index (κ1) is 20.0. The van der Waals surface area contributed by atoms with Crippen molar-refractivity contribution in [1.82, 2.24) is 0 Å². The van der Waals surface area contributed by atoms with Crippen molar-refractivity contribution in [2.24, 2.45) is 0 Å². The van der Waals surface area contributed by atoms with Gasteiger partial charge in [0.15, 0.2) is 0 Å². The van der Waals surface area contributed by atoms with Gasteiger partial charge in [-0.2, -0.15) is 0 Å². The molecular formula is C28H30S2. The third kappa shape index (κ3) is 2.70. The minimum absolute atomic E-state index is 0.576. The zero-order chi connectivity index (χ0) is 21.5. The number of hydrogen-bond acceptors (Lipinski definition) is 2. The fraction of sp³-hybridized carbons (Fsp3) is 0.357. The van der Waals surface area contributed by atoms with Crippen molar-refractivity contribution >= 4 is 33.8 Å². The van der Waals surface area contributed by atoms with Crippen LogP contribution in [-0.4, -0.2) is 0 Å². The number of allylic oxidation sites excluding steroid dienone is 2. The van der Waals surface area contributed by atoms with Gasteiger partial charge in [-0.1, -0.05) is 38.8 Å². The quantitative estimate of drug-likeness (QED) is 0.261. The van der Waals surface area contributed by atoms with E-state index in [1.807, 2.05) is 22.7 Å². The zero-order valence-electron chi connectivity index (χ0n) is 19.3. The Hall–Kier alpha value is -1.90. The van der Waals surface area contributed by atoms with Crippen molar-refractivity contribution in [1.29, 1.82) is 0 Å². The summed E-state index contributed by atoms with van der Waals surface area (Å²) >= 11 is 3.99. The SMILES string of the molecule is CC(C)=C1c2cc3c(cc2-c2sc(C(C)C)cc21)C(=C(C)C)c1cc(C(C)C)sc1-3. The topological polar surface area (TPSA) is 0 Å². The fourth-order valence-corrected chi connectivity index (χ4v) is 7.31. The van der Waals surface area contributed by atoms with Gasteiger partial charge in [-0.3, -0.25) is 0 Å². The fourth-order valence-electron chi connectivity index (χ4n) is 4.92. The van der Waals surface area contributed by atoms with E-state index in [1.54, 1.807) is 0 Å². The first-order valence-corrected chi connectivity index (χ1v) is 12.6. The normalized spacial score (nSPS) is 13.8. The van der Waals surface area contributed by atoms with E-state index in [0.29, 0.717) is 11.8 Å². The molecule has 154 valence electrons. The van der Waals surface area contributed by atoms with Crippen LogP contribution in [0.2, 0.25) is 0 Å². The lowest BCUT2D eigenvalue weighted by molar-refractivity contribution is 0.889. The van der Waals surface area contributed by atoms with Crippen LogP contribution in [-0.2, 0) is 0 Å². The van der Waals surface area contributed by atoms with E-state index in [1.165, 1.54) is 75.2 Å². The van der Waals surface area contributed by atoms with Crippen molar-refractivity contribution in [3.63, 3.8) is 0 Å². The molecule has 2 aromatic heterocycles. The molecule has 0 bridgehead atoms. The van der Waals surface area contributed by atoms with Crippen molar-refractivity contribution in [3.8, 4) is 20.9 Å². The van der Waals surface area contributed by atoms with Crippen LogP contribution < -0.4 is 0 Å². The van der Waals surface area contributed by atoms with Gasteiger partial charge in [0.25, 0.3) is 0 Å². The Balaban J connectivity index is 1.81. The highest BCUT2D eigenvalue weighted by Crippen LogP contribution is 2.57. The average molecular weight is 431 g/mol. The van der Waals surface area contributed by atoms with Crippen molar-refractivity contribution in [3.05, 3.63) is 67.4 Å². The monoisotopic (exact) mass is 430 g/mol. The summed E-state index contributed by atoms with van der Waals surface area (Å²) < 4.78 is 0. The van der Waals surface area contributed by atoms with Gasteiger partial charge in [0.1, 0.15) is 0 Å². The lowest BCUT2D eigenvalue weighted by Gasteiger charge is -2.12. The molecule has 2 heterocycles. The molecule has 0 aliphatic heterocycles. The minimum Gasteiger partial charge on any atom is -0.139 e. The van der Waals surface area contributed by atoms with Crippen LogP contribution in [0, 0.1) is 0 Å². The molecule has 0 spiro atoms. The number of rotatable bonds is 2. The zero-order valence-corrected chi connectivity index (χ0v) is 20.9. The lowest BCUT2D eigenvalue weighted by Crippen LogP contribution is -1.90. The molecule has 0 radical (unpaired) electrons. The van der Waals surface area contributed by atoms with Gasteiger partial charge in [0, 0.05) is 41.8 Å². The Kier molecular flexibility index (Phi) is 4.54. The van der Waals surface area contributed by atoms with Gasteiger partial charge in [-0.05, 0) is 86.1 Å². The second-order valence-corrected chi connectivity index (χ2v) is 12.0. The number of benzene rings is 1. The Bertz CT molecular complexity index is 1160. The van der Waals surface area contributed by atoms with E-state index >= 15 is 0 Å². The molecule has 0 N–H and O–H groups in total. The molecule has 2 aliphatic rings. The summed E-state index contributed by atoms with van der Waals surface area (Å²) in [6, 6.07) is 9.91. The number of fused-ring (bicyclic) bond motifs is 6. The summed E-state index contributed by atoms with van der Waals surface area (Å²) in [6.07, 6.45) is 0. The van der Waals surface area contributed by atoms with Crippen LogP contribution in [0.15, 0.2) is 35.4 Å². The molecule has 0 fully saturated rings. The molecule has 0 saturated heterocycles. The van der Waals surface area contributed by atoms with Crippen LogP contribution >= 0.6 is 22.7 Å². The second-order valence-electron chi connectivity index (χ2n) is 9.79. The van der Waals surface area contributed by atoms with E-state index in [-0.39, 0.29) is 0 Å². The van der Waals surface area contributed by atoms with Crippen molar-refractivity contribution in [2.45, 2.75) is 67.2 Å². The van der Waals surface area contributed by atoms with E-state index in [4.69, 9.17) is 0 Å². The number of thiophene rings is 2. The van der Waals surface area contributed by atoms with Crippen LogP contribution in [0.25, 0.3) is 32.0 Å². The lowest BCUT2D eigenvalue weighted by atomic mass is 9.94. The molecule has 0 unspecified atom stereocenters. The standard InChI is InChI=1S/C28H30S2/c1-13(2)23-11-21-25(15(5)6)17-10-20-18(9-19(17)27(21)29-23)26(16(7)8)22-12-24(14(3)4)30-28(20)22/h9-14H,1-8H3. The molecule has 0 nitrogen and oxygen atoms in total. The summed E-state index contributed by atoms with van der Waals surface area (Å²) in [7, 11) is 0. The molecule has 3 aromatic rings. The first-order valence-electron chi connectivity index (χ1n) is 11.0. The molecule has 5 rings (SSSR count). The molecule has 0 saturated carbocycles. The summed E-state index contributed by atoms with van der Waals surface area (Å²) in [5.74, 6) is 1.15. The molecule has 0 amide bonds. The van der Waals surface area contributed by atoms with E-state index < -0.39 is 0 Å². The van der Waals surface area contributed by atoms with Crippen molar-refractivity contribution in [2.75, 3.05) is 0 Å². The summed E-state index contributed by atoms with van der Waals surface area (Å²) in [5, 5.41) is 0. The first-order chi connectivity index (χ1) is 14.2. The van der Waals surface area contributed by atoms with E-state index in [9.17, 15) is 0 Å². The molecule has 0 atom stereocenters. The van der Waals surface area contributed by atoms with Gasteiger partial charge in [-0.25, -0.2) is 0 Å². The summed E-state index contributed by atoms with van der Waals surface area (Å²) in [5.41, 5.74) is 14.4. The molecule has 1 aromatic carbocycles. The molecule has 2 aliphatic carbocycles. The Morgan fingerprint density at radius 2 is 0.900 bits per heavy atom. The van der Waals surface area contributed by atoms with Gasteiger partial charge in [-0.15, -0.1) is 22.7 Å². The predicted molar refractivity (Wildman–Crippen MR) is 136 cm³/mol. The minimum atomic E-state index is 0.576. The molecular weight excluding hydrogens is 400 g/mol. The van der Waals surface area contributed by atoms with Gasteiger partial charge < -0.3 is 0 Å². The van der Waals surface area contributed by atoms with Crippen LogP contribution in [0.3, 0.4) is 0 Å². The summed E-state index contributed by atoms with van der Waals surface area (Å²) in [4.78, 5) is 5.93.